The maximum atomic E-state index is 5.72. The van der Waals surface area contributed by atoms with E-state index in [1.165, 1.54) is 16.3 Å². The second kappa shape index (κ2) is 2.51. The van der Waals surface area contributed by atoms with Gasteiger partial charge in [-0.15, -0.1) is 0 Å². The second-order valence-electron chi connectivity index (χ2n) is 3.48. The van der Waals surface area contributed by atoms with Gasteiger partial charge in [-0.3, -0.25) is 0 Å². The number of nitrogens with one attached hydrogen (secondary N) is 1. The van der Waals surface area contributed by atoms with Crippen LogP contribution in [0.1, 0.15) is 0 Å². The number of rotatable bonds is 0. The number of nitrogen functional groups attached to an aromatic ring is 1. The summed E-state index contributed by atoms with van der Waals surface area (Å²) in [6, 6.07) is 14.4. The third-order valence-electron chi connectivity index (χ3n) is 2.54. The molecule has 1 heterocycles. The average Bonchev–Trinajstić information content (AvgIpc) is 2.56. The van der Waals surface area contributed by atoms with Crippen molar-refractivity contribution in [2.75, 3.05) is 5.73 Å². The van der Waals surface area contributed by atoms with E-state index in [9.17, 15) is 0 Å². The molecule has 3 rings (SSSR count). The van der Waals surface area contributed by atoms with Gasteiger partial charge in [0.2, 0.25) is 0 Å². The first kappa shape index (κ1) is 7.44. The Bertz CT molecular complexity index is 566. The van der Waals surface area contributed by atoms with Gasteiger partial charge < -0.3 is 10.7 Å². The Morgan fingerprint density at radius 3 is 2.79 bits per heavy atom. The Hall–Kier alpha value is -1.96. The van der Waals surface area contributed by atoms with Crippen LogP contribution in [0.4, 0.5) is 5.82 Å². The van der Waals surface area contributed by atoms with Crippen molar-refractivity contribution < 1.29 is 0 Å². The second-order valence-corrected chi connectivity index (χ2v) is 3.48. The lowest BCUT2D eigenvalue weighted by molar-refractivity contribution is 1.36. The molecule has 0 saturated heterocycles. The number of aromatic amines is 1. The van der Waals surface area contributed by atoms with Gasteiger partial charge in [0.25, 0.3) is 0 Å². The van der Waals surface area contributed by atoms with E-state index in [1.54, 1.807) is 0 Å². The van der Waals surface area contributed by atoms with Crippen LogP contribution in [0, 0.1) is 0 Å². The van der Waals surface area contributed by atoms with Crippen LogP contribution in [0.2, 0.25) is 0 Å². The molecule has 2 nitrogen and oxygen atoms in total. The summed E-state index contributed by atoms with van der Waals surface area (Å²) in [5, 5.41) is 2.49. The lowest BCUT2D eigenvalue weighted by atomic mass is 10.2. The Labute approximate surface area is 81.7 Å². The molecule has 0 spiro atoms. The minimum atomic E-state index is 0.703. The fourth-order valence-electron chi connectivity index (χ4n) is 1.88. The molecule has 2 aliphatic rings. The molecule has 0 radical (unpaired) electrons. The molecule has 1 aromatic carbocycles. The molecule has 68 valence electrons. The Kier molecular flexibility index (Phi) is 1.34. The highest BCUT2D eigenvalue weighted by atomic mass is 14.8. The number of pyridine rings is 1. The van der Waals surface area contributed by atoms with Gasteiger partial charge in [-0.2, -0.15) is 0 Å². The molecule has 1 aromatic rings. The van der Waals surface area contributed by atoms with E-state index in [0.717, 1.165) is 5.69 Å². The van der Waals surface area contributed by atoms with Crippen LogP contribution in [-0.4, -0.2) is 4.98 Å². The first-order valence-corrected chi connectivity index (χ1v) is 4.60. The van der Waals surface area contributed by atoms with Gasteiger partial charge >= 0.3 is 0 Å². The van der Waals surface area contributed by atoms with Crippen LogP contribution in [0.5, 0.6) is 0 Å². The van der Waals surface area contributed by atoms with Crippen LogP contribution in [0.3, 0.4) is 0 Å². The van der Waals surface area contributed by atoms with E-state index in [-0.39, 0.29) is 0 Å². The molecular weight excluding hydrogens is 172 g/mol. The normalized spacial score (nSPS) is 11.1. The van der Waals surface area contributed by atoms with Crippen molar-refractivity contribution in [1.29, 1.82) is 0 Å². The minimum absolute atomic E-state index is 0.703. The van der Waals surface area contributed by atoms with E-state index >= 15 is 0 Å². The van der Waals surface area contributed by atoms with Crippen molar-refractivity contribution in [3.63, 3.8) is 0 Å². The molecule has 0 bridgehead atoms. The molecule has 1 aliphatic heterocycles. The molecule has 0 aromatic heterocycles. The lowest BCUT2D eigenvalue weighted by Gasteiger charge is -2.01. The number of aromatic nitrogens is 1. The minimum Gasteiger partial charge on any atom is -0.385 e. The van der Waals surface area contributed by atoms with Gasteiger partial charge in [0.05, 0.1) is 5.69 Å². The summed E-state index contributed by atoms with van der Waals surface area (Å²) in [7, 11) is 0. The molecule has 0 atom stereocenters. The number of fused-ring (bicyclic) bond motifs is 3. The summed E-state index contributed by atoms with van der Waals surface area (Å²) in [6.45, 7) is 0. The number of nitrogens with two attached hydrogens (primary N) is 1. The zero-order valence-corrected chi connectivity index (χ0v) is 7.62. The number of hydrogen-bond acceptors (Lipinski definition) is 1. The van der Waals surface area contributed by atoms with Gasteiger partial charge in [0.1, 0.15) is 5.82 Å². The lowest BCUT2D eigenvalue weighted by Crippen LogP contribution is -1.90. The molecule has 0 amide bonds. The summed E-state index contributed by atoms with van der Waals surface area (Å²) in [5.41, 5.74) is 8.05. The van der Waals surface area contributed by atoms with Crippen molar-refractivity contribution in [3.05, 3.63) is 42.5 Å². The topological polar surface area (TPSA) is 41.8 Å². The van der Waals surface area contributed by atoms with Crippen LogP contribution >= 0.6 is 0 Å². The van der Waals surface area contributed by atoms with E-state index < -0.39 is 0 Å². The van der Waals surface area contributed by atoms with E-state index in [4.69, 9.17) is 5.73 Å². The standard InChI is InChI=1S/C12H10N2/c13-11-6-5-9-7-8-3-1-2-4-10(8)12(9)14-11/h1-7,14H,13H2. The monoisotopic (exact) mass is 182 g/mol. The van der Waals surface area contributed by atoms with Gasteiger partial charge in [-0.25, -0.2) is 0 Å². The molecule has 3 N–H and O–H groups in total. The van der Waals surface area contributed by atoms with Gasteiger partial charge in [-0.1, -0.05) is 24.3 Å². The predicted octanol–water partition coefficient (Wildman–Crippen LogP) is 2.85. The average molecular weight is 182 g/mol. The van der Waals surface area contributed by atoms with E-state index in [0.29, 0.717) is 5.82 Å². The summed E-state index contributed by atoms with van der Waals surface area (Å²) in [4.78, 5) is 3.19. The van der Waals surface area contributed by atoms with Crippen LogP contribution in [0.25, 0.3) is 22.0 Å². The summed E-state index contributed by atoms with van der Waals surface area (Å²) in [6.07, 6.45) is 0. The number of hydrogen-bond donors (Lipinski definition) is 2. The summed E-state index contributed by atoms with van der Waals surface area (Å²) in [5.74, 6) is 0.703. The quantitative estimate of drug-likeness (QED) is 0.551. The predicted molar refractivity (Wildman–Crippen MR) is 59.3 cm³/mol. The fraction of sp³-hybridized carbons (Fsp3) is 0. The third kappa shape index (κ3) is 0.909. The molecule has 0 saturated carbocycles. The first-order valence-electron chi connectivity index (χ1n) is 4.60. The van der Waals surface area contributed by atoms with Gasteiger partial charge in [-0.05, 0) is 29.1 Å². The Balaban J connectivity index is 2.52. The third-order valence-corrected chi connectivity index (χ3v) is 2.54. The maximum Gasteiger partial charge on any atom is 0.100 e. The zero-order chi connectivity index (χ0) is 9.54. The summed E-state index contributed by atoms with van der Waals surface area (Å²) >= 11 is 0. The SMILES string of the molecule is Nc1ccc2cc3ccccc3c-2[nH]1. The fourth-order valence-corrected chi connectivity index (χ4v) is 1.88. The highest BCUT2D eigenvalue weighted by Gasteiger charge is 2.08. The molecule has 0 unspecified atom stereocenters. The van der Waals surface area contributed by atoms with Crippen molar-refractivity contribution in [2.45, 2.75) is 0 Å². The number of H-pyrrole nitrogens is 1. The van der Waals surface area contributed by atoms with Crippen LogP contribution in [0.15, 0.2) is 42.5 Å². The highest BCUT2D eigenvalue weighted by molar-refractivity contribution is 6.00. The molecular formula is C12H10N2. The molecule has 14 heavy (non-hydrogen) atoms. The van der Waals surface area contributed by atoms with Gasteiger partial charge in [0.15, 0.2) is 0 Å². The van der Waals surface area contributed by atoms with Crippen LogP contribution < -0.4 is 5.73 Å². The Morgan fingerprint density at radius 2 is 1.86 bits per heavy atom. The van der Waals surface area contributed by atoms with Crippen LogP contribution in [-0.2, 0) is 0 Å². The molecule has 1 aliphatic carbocycles. The van der Waals surface area contributed by atoms with Crippen molar-refractivity contribution in [1.82, 2.24) is 4.98 Å². The zero-order valence-electron chi connectivity index (χ0n) is 7.62. The largest absolute Gasteiger partial charge is 0.385 e. The van der Waals surface area contributed by atoms with Gasteiger partial charge in [0, 0.05) is 5.39 Å². The van der Waals surface area contributed by atoms with Crippen molar-refractivity contribution >= 4 is 16.6 Å². The highest BCUT2D eigenvalue weighted by Crippen LogP contribution is 2.32. The Morgan fingerprint density at radius 1 is 1.00 bits per heavy atom. The van der Waals surface area contributed by atoms with E-state index in [1.807, 2.05) is 24.3 Å². The van der Waals surface area contributed by atoms with E-state index in [2.05, 4.69) is 23.2 Å². The van der Waals surface area contributed by atoms with Crippen molar-refractivity contribution in [3.8, 4) is 11.3 Å². The summed E-state index contributed by atoms with van der Waals surface area (Å²) < 4.78 is 0. The maximum absolute atomic E-state index is 5.72. The smallest absolute Gasteiger partial charge is 0.100 e. The number of benzene rings is 1. The first-order chi connectivity index (χ1) is 6.84. The van der Waals surface area contributed by atoms with Crippen molar-refractivity contribution in [2.24, 2.45) is 0 Å². The number of anilines is 1. The molecule has 2 heteroatoms. The molecule has 0 fully saturated rings.